The normalized spacial score (nSPS) is 10.2. The summed E-state index contributed by atoms with van der Waals surface area (Å²) in [7, 11) is 0. The molecule has 0 bridgehead atoms. The van der Waals surface area contributed by atoms with Crippen molar-refractivity contribution in [1.29, 1.82) is 0 Å². The lowest BCUT2D eigenvalue weighted by atomic mass is 10.1. The van der Waals surface area contributed by atoms with Gasteiger partial charge in [-0.3, -0.25) is 9.59 Å². The zero-order valence-electron chi connectivity index (χ0n) is 12.4. The third-order valence-corrected chi connectivity index (χ3v) is 3.55. The number of Topliss-reactive ketones (excluding diaryl/α,β-unsaturated/α-hetero) is 2. The predicted molar refractivity (Wildman–Crippen MR) is 91.5 cm³/mol. The minimum Gasteiger partial charge on any atom is -0.398 e. The van der Waals surface area contributed by atoms with E-state index in [0.29, 0.717) is 0 Å². The van der Waals surface area contributed by atoms with Gasteiger partial charge in [0.05, 0.1) is 11.1 Å². The van der Waals surface area contributed by atoms with Crippen LogP contribution in [0.4, 0.5) is 11.4 Å². The topological polar surface area (TPSA) is 130 Å². The Balaban J connectivity index is 2.18. The quantitative estimate of drug-likeness (QED) is 0.273. The maximum atomic E-state index is 12.0. The molecule has 2 aromatic rings. The summed E-state index contributed by atoms with van der Waals surface area (Å²) in [5.41, 5.74) is 10.6. The summed E-state index contributed by atoms with van der Waals surface area (Å²) in [5, 5.41) is 0.305. The van der Waals surface area contributed by atoms with E-state index in [1.54, 1.807) is 0 Å². The molecule has 0 heterocycles. The summed E-state index contributed by atoms with van der Waals surface area (Å²) in [4.78, 5) is 47.6. The Hall–Kier alpha value is -2.90. The van der Waals surface area contributed by atoms with Gasteiger partial charge in [-0.1, -0.05) is 23.2 Å². The van der Waals surface area contributed by atoms with Crippen LogP contribution in [0, 0.1) is 0 Å². The number of carbonyl (C=O) groups is 4. The third-order valence-electron chi connectivity index (χ3n) is 3.08. The van der Waals surface area contributed by atoms with Gasteiger partial charge < -0.3 is 16.2 Å². The van der Waals surface area contributed by atoms with E-state index in [4.69, 9.17) is 34.7 Å². The fraction of sp³-hybridized carbons (Fsp3) is 0. The van der Waals surface area contributed by atoms with E-state index in [0.717, 1.165) is 12.1 Å². The number of carbonyl (C=O) groups excluding carboxylic acids is 4. The second-order valence-corrected chi connectivity index (χ2v) is 5.67. The van der Waals surface area contributed by atoms with Crippen LogP contribution < -0.4 is 11.5 Å². The number of nitrogen functional groups attached to an aromatic ring is 2. The molecular formula is C16H10Cl2N2O5. The van der Waals surface area contributed by atoms with Gasteiger partial charge in [0.2, 0.25) is 0 Å². The van der Waals surface area contributed by atoms with Crippen LogP contribution in [0.25, 0.3) is 0 Å². The van der Waals surface area contributed by atoms with Crippen LogP contribution in [-0.4, -0.2) is 23.5 Å². The van der Waals surface area contributed by atoms with Gasteiger partial charge in [0.15, 0.2) is 0 Å². The molecule has 0 spiro atoms. The summed E-state index contributed by atoms with van der Waals surface area (Å²) in [6.07, 6.45) is 0. The lowest BCUT2D eigenvalue weighted by molar-refractivity contribution is -0.152. The average molecular weight is 381 g/mol. The standard InChI is InChI=1S/C16H10Cl2N2O5/c17-7-1-3-11(19)9(5-7)13(21)15(23)25-16(24)14(22)10-6-8(18)2-4-12(10)20/h1-6H,19-20H2. The monoisotopic (exact) mass is 380 g/mol. The number of anilines is 2. The van der Waals surface area contributed by atoms with Crippen molar-refractivity contribution in [3.05, 3.63) is 57.6 Å². The summed E-state index contributed by atoms with van der Waals surface area (Å²) in [6.45, 7) is 0. The van der Waals surface area contributed by atoms with Gasteiger partial charge in [0.25, 0.3) is 11.6 Å². The van der Waals surface area contributed by atoms with Crippen LogP contribution in [0.15, 0.2) is 36.4 Å². The van der Waals surface area contributed by atoms with E-state index in [2.05, 4.69) is 4.74 Å². The number of rotatable bonds is 4. The molecule has 0 amide bonds. The largest absolute Gasteiger partial charge is 0.398 e. The molecule has 0 aliphatic heterocycles. The highest BCUT2D eigenvalue weighted by Crippen LogP contribution is 2.20. The summed E-state index contributed by atoms with van der Waals surface area (Å²) in [5.74, 6) is -5.60. The maximum Gasteiger partial charge on any atom is 0.387 e. The number of nitrogens with two attached hydrogens (primary N) is 2. The number of ether oxygens (including phenoxy) is 1. The van der Waals surface area contributed by atoms with Gasteiger partial charge in [-0.2, -0.15) is 0 Å². The van der Waals surface area contributed by atoms with Crippen molar-refractivity contribution in [2.45, 2.75) is 0 Å². The molecule has 2 rings (SSSR count). The number of esters is 2. The first-order valence-electron chi connectivity index (χ1n) is 6.66. The Bertz CT molecular complexity index is 838. The fourth-order valence-electron chi connectivity index (χ4n) is 1.85. The number of halogens is 2. The minimum atomic E-state index is -1.58. The molecule has 128 valence electrons. The second kappa shape index (κ2) is 7.33. The van der Waals surface area contributed by atoms with Crippen molar-refractivity contribution in [2.75, 3.05) is 11.5 Å². The van der Waals surface area contributed by atoms with Crippen LogP contribution in [-0.2, 0) is 14.3 Å². The zero-order chi connectivity index (χ0) is 18.7. The third kappa shape index (κ3) is 4.14. The average Bonchev–Trinajstić information content (AvgIpc) is 2.57. The summed E-state index contributed by atoms with van der Waals surface area (Å²) < 4.78 is 4.30. The molecule has 2 aromatic carbocycles. The highest BCUT2D eigenvalue weighted by molar-refractivity contribution is 6.49. The molecule has 0 aliphatic carbocycles. The van der Waals surface area contributed by atoms with Crippen LogP contribution >= 0.6 is 23.2 Å². The molecule has 9 heteroatoms. The molecule has 0 aromatic heterocycles. The van der Waals surface area contributed by atoms with Crippen LogP contribution in [0.3, 0.4) is 0 Å². The molecule has 0 saturated carbocycles. The van der Waals surface area contributed by atoms with Gasteiger partial charge in [0, 0.05) is 21.4 Å². The molecular weight excluding hydrogens is 371 g/mol. The lowest BCUT2D eigenvalue weighted by Crippen LogP contribution is -2.27. The Labute approximate surface area is 151 Å². The molecule has 0 atom stereocenters. The molecule has 0 unspecified atom stereocenters. The highest BCUT2D eigenvalue weighted by Gasteiger charge is 2.28. The van der Waals surface area contributed by atoms with E-state index in [1.807, 2.05) is 0 Å². The molecule has 0 aliphatic rings. The Morgan fingerprint density at radius 1 is 0.720 bits per heavy atom. The zero-order valence-corrected chi connectivity index (χ0v) is 13.9. The number of hydrogen-bond donors (Lipinski definition) is 2. The second-order valence-electron chi connectivity index (χ2n) is 4.80. The Morgan fingerprint density at radius 3 is 1.44 bits per heavy atom. The van der Waals surface area contributed by atoms with E-state index < -0.39 is 23.5 Å². The molecule has 25 heavy (non-hydrogen) atoms. The summed E-state index contributed by atoms with van der Waals surface area (Å²) in [6, 6.07) is 7.72. The number of hydrogen-bond acceptors (Lipinski definition) is 7. The first-order chi connectivity index (χ1) is 11.7. The van der Waals surface area contributed by atoms with Crippen LogP contribution in [0.1, 0.15) is 20.7 Å². The summed E-state index contributed by atoms with van der Waals surface area (Å²) >= 11 is 11.5. The number of benzene rings is 2. The van der Waals surface area contributed by atoms with E-state index in [-0.39, 0.29) is 32.5 Å². The SMILES string of the molecule is Nc1ccc(Cl)cc1C(=O)C(=O)OC(=O)C(=O)c1cc(Cl)ccc1N. The van der Waals surface area contributed by atoms with Crippen molar-refractivity contribution in [3.63, 3.8) is 0 Å². The first-order valence-corrected chi connectivity index (χ1v) is 7.41. The number of ketones is 2. The molecule has 0 saturated heterocycles. The highest BCUT2D eigenvalue weighted by atomic mass is 35.5. The van der Waals surface area contributed by atoms with E-state index >= 15 is 0 Å². The van der Waals surface area contributed by atoms with Crippen LogP contribution in [0.2, 0.25) is 10.0 Å². The maximum absolute atomic E-state index is 12.0. The first kappa shape index (κ1) is 18.4. The minimum absolute atomic E-state index is 0.0378. The fourth-order valence-corrected chi connectivity index (χ4v) is 2.19. The molecule has 7 nitrogen and oxygen atoms in total. The van der Waals surface area contributed by atoms with Crippen molar-refractivity contribution in [1.82, 2.24) is 0 Å². The molecule has 0 radical (unpaired) electrons. The van der Waals surface area contributed by atoms with Gasteiger partial charge in [-0.05, 0) is 36.4 Å². The smallest absolute Gasteiger partial charge is 0.387 e. The van der Waals surface area contributed by atoms with Gasteiger partial charge in [0.1, 0.15) is 0 Å². The van der Waals surface area contributed by atoms with E-state index in [1.165, 1.54) is 24.3 Å². The molecule has 0 fully saturated rings. The van der Waals surface area contributed by atoms with Crippen molar-refractivity contribution in [2.24, 2.45) is 0 Å². The Morgan fingerprint density at radius 2 is 1.08 bits per heavy atom. The predicted octanol–water partition coefficient (Wildman–Crippen LogP) is 2.29. The van der Waals surface area contributed by atoms with Gasteiger partial charge in [-0.15, -0.1) is 0 Å². The van der Waals surface area contributed by atoms with Crippen molar-refractivity contribution in [3.8, 4) is 0 Å². The Kier molecular flexibility index (Phi) is 5.41. The molecule has 4 N–H and O–H groups in total. The lowest BCUT2D eigenvalue weighted by Gasteiger charge is -2.06. The van der Waals surface area contributed by atoms with Crippen molar-refractivity contribution >= 4 is 58.1 Å². The van der Waals surface area contributed by atoms with Gasteiger partial charge >= 0.3 is 11.9 Å². The van der Waals surface area contributed by atoms with E-state index in [9.17, 15) is 19.2 Å². The van der Waals surface area contributed by atoms with Gasteiger partial charge in [-0.25, -0.2) is 9.59 Å². The van der Waals surface area contributed by atoms with Crippen LogP contribution in [0.5, 0.6) is 0 Å². The van der Waals surface area contributed by atoms with Crippen molar-refractivity contribution < 1.29 is 23.9 Å².